The van der Waals surface area contributed by atoms with Crippen LogP contribution in [0, 0.1) is 0 Å². The topological polar surface area (TPSA) is 57.7 Å². The Balaban J connectivity index is 1.76. The molecule has 0 aromatic heterocycles. The Labute approximate surface area is 155 Å². The summed E-state index contributed by atoms with van der Waals surface area (Å²) in [5.41, 5.74) is 1.76. The van der Waals surface area contributed by atoms with Gasteiger partial charge in [0.1, 0.15) is 0 Å². The van der Waals surface area contributed by atoms with E-state index in [1.54, 1.807) is 12.1 Å². The number of benzene rings is 2. The summed E-state index contributed by atoms with van der Waals surface area (Å²) >= 11 is 0. The molecule has 2 aromatic carbocycles. The molecule has 5 nitrogen and oxygen atoms in total. The van der Waals surface area contributed by atoms with E-state index >= 15 is 0 Å². The smallest absolute Gasteiger partial charge is 0.254 e. The van der Waals surface area contributed by atoms with Gasteiger partial charge in [-0.1, -0.05) is 30.3 Å². The molecule has 3 rings (SSSR count). The van der Waals surface area contributed by atoms with Gasteiger partial charge in [0.2, 0.25) is 10.0 Å². The number of sulfonamides is 1. The van der Waals surface area contributed by atoms with Gasteiger partial charge >= 0.3 is 0 Å². The zero-order chi connectivity index (χ0) is 18.7. The lowest BCUT2D eigenvalue weighted by Crippen LogP contribution is -2.36. The van der Waals surface area contributed by atoms with Gasteiger partial charge in [0, 0.05) is 32.2 Å². The van der Waals surface area contributed by atoms with Crippen molar-refractivity contribution >= 4 is 15.9 Å². The van der Waals surface area contributed by atoms with Gasteiger partial charge in [-0.2, -0.15) is 0 Å². The second-order valence-corrected chi connectivity index (χ2v) is 8.95. The maximum Gasteiger partial charge on any atom is 0.254 e. The van der Waals surface area contributed by atoms with Gasteiger partial charge in [0.25, 0.3) is 5.91 Å². The van der Waals surface area contributed by atoms with E-state index in [1.807, 2.05) is 23.1 Å². The highest BCUT2D eigenvalue weighted by molar-refractivity contribution is 7.89. The minimum absolute atomic E-state index is 0.0303. The largest absolute Gasteiger partial charge is 0.335 e. The van der Waals surface area contributed by atoms with Gasteiger partial charge in [-0.05, 0) is 49.1 Å². The van der Waals surface area contributed by atoms with Crippen LogP contribution in [0.2, 0.25) is 0 Å². The van der Waals surface area contributed by atoms with Crippen molar-refractivity contribution in [3.05, 3.63) is 65.7 Å². The average Bonchev–Trinajstić information content (AvgIpc) is 3.10. The molecule has 1 amide bonds. The minimum Gasteiger partial charge on any atom is -0.335 e. The molecule has 0 N–H and O–H groups in total. The average molecular weight is 372 g/mol. The first-order valence-electron chi connectivity index (χ1n) is 8.77. The van der Waals surface area contributed by atoms with Crippen LogP contribution >= 0.6 is 0 Å². The van der Waals surface area contributed by atoms with E-state index in [-0.39, 0.29) is 16.8 Å². The van der Waals surface area contributed by atoms with Crippen molar-refractivity contribution in [2.45, 2.75) is 30.2 Å². The zero-order valence-corrected chi connectivity index (χ0v) is 15.9. The molecule has 0 bridgehead atoms. The van der Waals surface area contributed by atoms with Crippen LogP contribution in [0.4, 0.5) is 0 Å². The van der Waals surface area contributed by atoms with Crippen LogP contribution in [0.1, 0.15) is 28.8 Å². The van der Waals surface area contributed by atoms with Crippen molar-refractivity contribution < 1.29 is 13.2 Å². The number of carbonyl (C=O) groups is 1. The van der Waals surface area contributed by atoms with Gasteiger partial charge in [0.05, 0.1) is 4.90 Å². The summed E-state index contributed by atoms with van der Waals surface area (Å²) in [5, 5.41) is 0. The lowest BCUT2D eigenvalue weighted by atomic mass is 10.0. The number of rotatable bonds is 5. The molecule has 1 atom stereocenters. The molecule has 0 aliphatic carbocycles. The normalized spacial score (nSPS) is 17.7. The monoisotopic (exact) mass is 372 g/mol. The van der Waals surface area contributed by atoms with E-state index in [0.717, 1.165) is 25.8 Å². The quantitative estimate of drug-likeness (QED) is 0.811. The van der Waals surface area contributed by atoms with E-state index in [9.17, 15) is 13.2 Å². The molecule has 6 heteroatoms. The van der Waals surface area contributed by atoms with Gasteiger partial charge in [0.15, 0.2) is 0 Å². The maximum absolute atomic E-state index is 12.9. The Morgan fingerprint density at radius 2 is 1.73 bits per heavy atom. The number of hydrogen-bond acceptors (Lipinski definition) is 3. The summed E-state index contributed by atoms with van der Waals surface area (Å²) in [4.78, 5) is 15.0. The summed E-state index contributed by atoms with van der Waals surface area (Å²) < 4.78 is 25.5. The third-order valence-electron chi connectivity index (χ3n) is 4.83. The first-order valence-corrected chi connectivity index (χ1v) is 10.2. The van der Waals surface area contributed by atoms with E-state index in [4.69, 9.17) is 0 Å². The molecular formula is C20H24N2O3S. The summed E-state index contributed by atoms with van der Waals surface area (Å²) in [6, 6.07) is 16.6. The fourth-order valence-electron chi connectivity index (χ4n) is 3.35. The van der Waals surface area contributed by atoms with Crippen molar-refractivity contribution in [3.8, 4) is 0 Å². The van der Waals surface area contributed by atoms with Crippen molar-refractivity contribution in [1.82, 2.24) is 9.21 Å². The third-order valence-corrected chi connectivity index (χ3v) is 6.66. The highest BCUT2D eigenvalue weighted by Crippen LogP contribution is 2.24. The molecule has 2 aromatic rings. The Bertz CT molecular complexity index is 862. The van der Waals surface area contributed by atoms with Crippen molar-refractivity contribution in [3.63, 3.8) is 0 Å². The van der Waals surface area contributed by atoms with Crippen LogP contribution in [-0.4, -0.2) is 50.2 Å². The molecule has 1 aliphatic rings. The molecule has 138 valence electrons. The number of likely N-dealkylation sites (tertiary alicyclic amines) is 1. The molecule has 26 heavy (non-hydrogen) atoms. The van der Waals surface area contributed by atoms with Gasteiger partial charge in [-0.15, -0.1) is 0 Å². The summed E-state index contributed by atoms with van der Waals surface area (Å²) in [7, 11) is -0.496. The van der Waals surface area contributed by atoms with Crippen molar-refractivity contribution in [1.29, 1.82) is 0 Å². The fraction of sp³-hybridized carbons (Fsp3) is 0.350. The van der Waals surface area contributed by atoms with E-state index in [1.165, 1.54) is 36.1 Å². The lowest BCUT2D eigenvalue weighted by molar-refractivity contribution is 0.0736. The zero-order valence-electron chi connectivity index (χ0n) is 15.1. The second kappa shape index (κ2) is 7.60. The molecule has 1 fully saturated rings. The van der Waals surface area contributed by atoms with Crippen molar-refractivity contribution in [2.24, 2.45) is 0 Å². The highest BCUT2D eigenvalue weighted by Gasteiger charge is 2.29. The van der Waals surface area contributed by atoms with E-state index in [0.29, 0.717) is 5.56 Å². The highest BCUT2D eigenvalue weighted by atomic mass is 32.2. The molecule has 1 heterocycles. The Kier molecular flexibility index (Phi) is 5.44. The number of nitrogens with zero attached hydrogens (tertiary/aromatic N) is 2. The second-order valence-electron chi connectivity index (χ2n) is 6.80. The summed E-state index contributed by atoms with van der Waals surface area (Å²) in [5.74, 6) is -0.0303. The minimum atomic E-state index is -3.48. The Morgan fingerprint density at radius 1 is 1.08 bits per heavy atom. The molecular weight excluding hydrogens is 348 g/mol. The van der Waals surface area contributed by atoms with Gasteiger partial charge < -0.3 is 4.90 Å². The number of carbonyl (C=O) groups excluding carboxylic acids is 1. The Hall–Kier alpha value is -2.18. The van der Waals surface area contributed by atoms with Crippen molar-refractivity contribution in [2.75, 3.05) is 20.6 Å². The van der Waals surface area contributed by atoms with Gasteiger partial charge in [-0.3, -0.25) is 4.79 Å². The predicted octanol–water partition coefficient (Wildman–Crippen LogP) is 2.78. The summed E-state index contributed by atoms with van der Waals surface area (Å²) in [6.45, 7) is 0.744. The van der Waals surface area contributed by atoms with E-state index < -0.39 is 10.0 Å². The fourth-order valence-corrected chi connectivity index (χ4v) is 4.25. The van der Waals surface area contributed by atoms with Crippen LogP contribution in [0.25, 0.3) is 0 Å². The molecule has 0 spiro atoms. The van der Waals surface area contributed by atoms with Crippen LogP contribution < -0.4 is 0 Å². The molecule has 1 aliphatic heterocycles. The first-order chi connectivity index (χ1) is 12.4. The lowest BCUT2D eigenvalue weighted by Gasteiger charge is -2.25. The van der Waals surface area contributed by atoms with Gasteiger partial charge in [-0.25, -0.2) is 12.7 Å². The molecule has 1 saturated heterocycles. The van der Waals surface area contributed by atoms with E-state index in [2.05, 4.69) is 12.1 Å². The van der Waals surface area contributed by atoms with Crippen LogP contribution in [0.5, 0.6) is 0 Å². The van der Waals surface area contributed by atoms with Crippen LogP contribution in [0.3, 0.4) is 0 Å². The number of hydrogen-bond donors (Lipinski definition) is 0. The maximum atomic E-state index is 12.9. The standard InChI is InChI=1S/C20H24N2O3S/c1-21(2)26(24,25)19-12-10-17(11-13-19)20(23)22-14-6-9-18(22)15-16-7-4-3-5-8-16/h3-5,7-8,10-13,18H,6,9,14-15H2,1-2H3. The Morgan fingerprint density at radius 3 is 2.35 bits per heavy atom. The summed E-state index contributed by atoms with van der Waals surface area (Å²) in [6.07, 6.45) is 2.84. The number of amides is 1. The predicted molar refractivity (Wildman–Crippen MR) is 102 cm³/mol. The molecule has 0 radical (unpaired) electrons. The molecule has 1 unspecified atom stereocenters. The van der Waals surface area contributed by atoms with Crippen LogP contribution in [-0.2, 0) is 16.4 Å². The molecule has 0 saturated carbocycles. The first kappa shape index (κ1) is 18.6. The van der Waals surface area contributed by atoms with Crippen LogP contribution in [0.15, 0.2) is 59.5 Å². The third kappa shape index (κ3) is 3.81. The SMILES string of the molecule is CN(C)S(=O)(=O)c1ccc(C(=O)N2CCCC2Cc2ccccc2)cc1.